The molecule has 2 rings (SSSR count). The van der Waals surface area contributed by atoms with Crippen LogP contribution in [0.15, 0.2) is 33.9 Å². The lowest BCUT2D eigenvalue weighted by Gasteiger charge is -2.07. The average molecular weight is 330 g/mol. The van der Waals surface area contributed by atoms with Crippen molar-refractivity contribution >= 4 is 32.7 Å². The van der Waals surface area contributed by atoms with E-state index in [1.807, 2.05) is 29.8 Å². The Balaban J connectivity index is 1.97. The molecule has 0 saturated carbocycles. The molecule has 2 N–H and O–H groups in total. The number of nitrogens with one attached hydrogen (secondary N) is 2. The van der Waals surface area contributed by atoms with Crippen molar-refractivity contribution in [3.8, 4) is 0 Å². The third-order valence-electron chi connectivity index (χ3n) is 2.77. The van der Waals surface area contributed by atoms with Gasteiger partial charge < -0.3 is 5.32 Å². The fourth-order valence-corrected chi connectivity index (χ4v) is 4.93. The molecule has 0 spiro atoms. The second-order valence-corrected chi connectivity index (χ2v) is 7.98. The fourth-order valence-electron chi connectivity index (χ4n) is 1.78. The topological polar surface area (TPSA) is 58.2 Å². The number of rotatable bonds is 8. The summed E-state index contributed by atoms with van der Waals surface area (Å²) in [6.07, 6.45) is 0.726. The molecule has 0 saturated heterocycles. The van der Waals surface area contributed by atoms with Crippen LogP contribution in [0.5, 0.6) is 0 Å². The van der Waals surface area contributed by atoms with Crippen LogP contribution in [0.2, 0.25) is 0 Å². The Morgan fingerprint density at radius 1 is 1.20 bits per heavy atom. The molecule has 0 atom stereocenters. The van der Waals surface area contributed by atoms with Crippen molar-refractivity contribution in [1.82, 2.24) is 10.0 Å². The zero-order valence-corrected chi connectivity index (χ0v) is 13.7. The first-order valence-electron chi connectivity index (χ1n) is 6.42. The van der Waals surface area contributed by atoms with Crippen LogP contribution >= 0.6 is 22.7 Å². The molecule has 0 aromatic carbocycles. The van der Waals surface area contributed by atoms with Gasteiger partial charge in [0, 0.05) is 22.8 Å². The van der Waals surface area contributed by atoms with E-state index in [1.54, 1.807) is 17.4 Å². The third kappa shape index (κ3) is 4.13. The van der Waals surface area contributed by atoms with E-state index in [0.29, 0.717) is 18.0 Å². The average Bonchev–Trinajstić information content (AvgIpc) is 3.07. The Labute approximate surface area is 127 Å². The van der Waals surface area contributed by atoms with Gasteiger partial charge in [-0.2, -0.15) is 0 Å². The van der Waals surface area contributed by atoms with E-state index < -0.39 is 10.0 Å². The van der Waals surface area contributed by atoms with Gasteiger partial charge >= 0.3 is 0 Å². The minimum absolute atomic E-state index is 0.398. The monoisotopic (exact) mass is 330 g/mol. The van der Waals surface area contributed by atoms with Crippen LogP contribution in [-0.2, 0) is 23.0 Å². The highest BCUT2D eigenvalue weighted by Gasteiger charge is 2.18. The molecular weight excluding hydrogens is 312 g/mol. The van der Waals surface area contributed by atoms with Crippen LogP contribution in [0, 0.1) is 0 Å². The molecule has 0 bridgehead atoms. The normalized spacial score (nSPS) is 11.8. The molecule has 110 valence electrons. The maximum atomic E-state index is 12.3. The largest absolute Gasteiger partial charge is 0.312 e. The third-order valence-corrected chi connectivity index (χ3v) is 6.31. The van der Waals surface area contributed by atoms with Crippen molar-refractivity contribution in [3.63, 3.8) is 0 Å². The fraction of sp³-hybridized carbons (Fsp3) is 0.385. The quantitative estimate of drug-likeness (QED) is 0.781. The van der Waals surface area contributed by atoms with E-state index in [2.05, 4.69) is 10.0 Å². The maximum absolute atomic E-state index is 12.3. The number of thiophene rings is 2. The first-order valence-corrected chi connectivity index (χ1v) is 9.67. The van der Waals surface area contributed by atoms with E-state index in [-0.39, 0.29) is 0 Å². The second-order valence-electron chi connectivity index (χ2n) is 4.22. The van der Waals surface area contributed by atoms with Gasteiger partial charge in [0.05, 0.1) is 4.90 Å². The van der Waals surface area contributed by atoms with Gasteiger partial charge in [-0.05, 0) is 35.9 Å². The molecule has 0 aliphatic carbocycles. The molecule has 0 aliphatic rings. The van der Waals surface area contributed by atoms with Crippen LogP contribution in [0.25, 0.3) is 0 Å². The molecule has 0 fully saturated rings. The summed E-state index contributed by atoms with van der Waals surface area (Å²) in [4.78, 5) is 2.44. The summed E-state index contributed by atoms with van der Waals surface area (Å²) in [6, 6.07) is 5.66. The van der Waals surface area contributed by atoms with E-state index >= 15 is 0 Å². The van der Waals surface area contributed by atoms with Crippen molar-refractivity contribution in [2.75, 3.05) is 13.1 Å². The van der Waals surface area contributed by atoms with Crippen molar-refractivity contribution in [2.24, 2.45) is 0 Å². The SMILES string of the molecule is CCNCc1sccc1S(=O)(=O)NCCc1cccs1. The van der Waals surface area contributed by atoms with Gasteiger partial charge in [0.2, 0.25) is 10.0 Å². The first-order chi connectivity index (χ1) is 9.63. The summed E-state index contributed by atoms with van der Waals surface area (Å²) in [6.45, 7) is 3.85. The Morgan fingerprint density at radius 2 is 2.05 bits per heavy atom. The molecule has 0 radical (unpaired) electrons. The summed E-state index contributed by atoms with van der Waals surface area (Å²) in [7, 11) is -3.41. The molecule has 0 unspecified atom stereocenters. The Hall–Kier alpha value is -0.730. The van der Waals surface area contributed by atoms with Gasteiger partial charge in [0.25, 0.3) is 0 Å². The maximum Gasteiger partial charge on any atom is 0.241 e. The second kappa shape index (κ2) is 7.33. The van der Waals surface area contributed by atoms with E-state index in [9.17, 15) is 8.42 Å². The minimum Gasteiger partial charge on any atom is -0.312 e. The summed E-state index contributed by atoms with van der Waals surface area (Å²) >= 11 is 3.11. The number of sulfonamides is 1. The smallest absolute Gasteiger partial charge is 0.241 e. The standard InChI is InChI=1S/C13H18N2O2S3/c1-2-14-10-12-13(6-9-19-12)20(16,17)15-7-5-11-4-3-8-18-11/h3-4,6,8-9,14-15H,2,5,7,10H2,1H3. The van der Waals surface area contributed by atoms with Crippen molar-refractivity contribution in [2.45, 2.75) is 24.8 Å². The Morgan fingerprint density at radius 3 is 2.75 bits per heavy atom. The van der Waals surface area contributed by atoms with Crippen LogP contribution in [0.4, 0.5) is 0 Å². The van der Waals surface area contributed by atoms with Crippen LogP contribution in [0.3, 0.4) is 0 Å². The zero-order chi connectivity index (χ0) is 14.4. The van der Waals surface area contributed by atoms with Gasteiger partial charge in [0.1, 0.15) is 0 Å². The van der Waals surface area contributed by atoms with Crippen LogP contribution in [-0.4, -0.2) is 21.5 Å². The van der Waals surface area contributed by atoms with E-state index in [4.69, 9.17) is 0 Å². The van der Waals surface area contributed by atoms with Crippen molar-refractivity contribution < 1.29 is 8.42 Å². The zero-order valence-electron chi connectivity index (χ0n) is 11.3. The lowest BCUT2D eigenvalue weighted by molar-refractivity contribution is 0.580. The highest BCUT2D eigenvalue weighted by Crippen LogP contribution is 2.21. The van der Waals surface area contributed by atoms with Gasteiger partial charge in [-0.3, -0.25) is 0 Å². The van der Waals surface area contributed by atoms with Gasteiger partial charge in [-0.25, -0.2) is 13.1 Å². The molecule has 0 aliphatic heterocycles. The molecule has 7 heteroatoms. The highest BCUT2D eigenvalue weighted by atomic mass is 32.2. The lowest BCUT2D eigenvalue weighted by Crippen LogP contribution is -2.26. The van der Waals surface area contributed by atoms with E-state index in [1.165, 1.54) is 16.2 Å². The van der Waals surface area contributed by atoms with Gasteiger partial charge in [-0.15, -0.1) is 22.7 Å². The predicted molar refractivity (Wildman–Crippen MR) is 84.9 cm³/mol. The Bertz CT molecular complexity index is 618. The molecule has 0 amide bonds. The molecule has 2 aromatic rings. The molecule has 2 heterocycles. The van der Waals surface area contributed by atoms with Crippen molar-refractivity contribution in [1.29, 1.82) is 0 Å². The summed E-state index contributed by atoms with van der Waals surface area (Å²) in [5, 5.41) is 6.98. The van der Waals surface area contributed by atoms with E-state index in [0.717, 1.165) is 17.8 Å². The summed E-state index contributed by atoms with van der Waals surface area (Å²) < 4.78 is 27.2. The molecule has 2 aromatic heterocycles. The highest BCUT2D eigenvalue weighted by molar-refractivity contribution is 7.89. The van der Waals surface area contributed by atoms with Crippen LogP contribution in [0.1, 0.15) is 16.7 Å². The predicted octanol–water partition coefficient (Wildman–Crippen LogP) is 2.44. The summed E-state index contributed by atoms with van der Waals surface area (Å²) in [5.41, 5.74) is 0. The van der Waals surface area contributed by atoms with Crippen molar-refractivity contribution in [3.05, 3.63) is 38.7 Å². The Kier molecular flexibility index (Phi) is 5.74. The first kappa shape index (κ1) is 15.7. The van der Waals surface area contributed by atoms with Gasteiger partial charge in [0.15, 0.2) is 0 Å². The van der Waals surface area contributed by atoms with Crippen LogP contribution < -0.4 is 10.0 Å². The summed E-state index contributed by atoms with van der Waals surface area (Å²) in [5.74, 6) is 0. The minimum atomic E-state index is -3.41. The molecule has 20 heavy (non-hydrogen) atoms. The van der Waals surface area contributed by atoms with Gasteiger partial charge in [-0.1, -0.05) is 13.0 Å². The number of hydrogen-bond donors (Lipinski definition) is 2. The lowest BCUT2D eigenvalue weighted by atomic mass is 10.3. The molecular formula is C13H18N2O2S3. The number of hydrogen-bond acceptors (Lipinski definition) is 5. The molecule has 4 nitrogen and oxygen atoms in total.